The van der Waals surface area contributed by atoms with E-state index >= 15 is 0 Å². The molecule has 0 saturated heterocycles. The Morgan fingerprint density at radius 2 is 2.00 bits per heavy atom. The smallest absolute Gasteiger partial charge is 0.319 e. The minimum Gasteiger partial charge on any atom is -0.391 e. The minimum absolute atomic E-state index is 0.127. The fourth-order valence-corrected chi connectivity index (χ4v) is 2.87. The lowest BCUT2D eigenvalue weighted by Gasteiger charge is -2.28. The van der Waals surface area contributed by atoms with E-state index < -0.39 is 6.10 Å². The predicted octanol–water partition coefficient (Wildman–Crippen LogP) is 3.24. The molecule has 1 aromatic rings. The van der Waals surface area contributed by atoms with Crippen LogP contribution in [0.5, 0.6) is 0 Å². The Balaban J connectivity index is 2.01. The Morgan fingerprint density at radius 1 is 1.24 bits per heavy atom. The first-order valence-corrected chi connectivity index (χ1v) is 8.01. The van der Waals surface area contributed by atoms with E-state index in [1.54, 1.807) is 0 Å². The standard InChI is InChI=1S/C17H26N2O2/c1-3-12-9-10-13(4-2)15(11-12)19-17(21)18-14-7-5-6-8-16(14)20/h9-11,14,16,20H,3-8H2,1-2H3,(H2,18,19,21). The van der Waals surface area contributed by atoms with Crippen molar-refractivity contribution in [1.29, 1.82) is 0 Å². The number of aliphatic hydroxyl groups is 1. The summed E-state index contributed by atoms with van der Waals surface area (Å²) in [5.41, 5.74) is 3.21. The number of hydrogen-bond donors (Lipinski definition) is 3. The summed E-state index contributed by atoms with van der Waals surface area (Å²) in [4.78, 5) is 12.2. The average molecular weight is 290 g/mol. The van der Waals surface area contributed by atoms with Crippen LogP contribution in [0.1, 0.15) is 50.7 Å². The van der Waals surface area contributed by atoms with Gasteiger partial charge in [-0.15, -0.1) is 0 Å². The molecule has 1 saturated carbocycles. The molecule has 116 valence electrons. The lowest BCUT2D eigenvalue weighted by Crippen LogP contribution is -2.46. The summed E-state index contributed by atoms with van der Waals surface area (Å²) < 4.78 is 0. The number of carbonyl (C=O) groups is 1. The molecule has 2 atom stereocenters. The Hall–Kier alpha value is -1.55. The third-order valence-corrected chi connectivity index (χ3v) is 4.26. The van der Waals surface area contributed by atoms with Crippen molar-refractivity contribution in [1.82, 2.24) is 5.32 Å². The van der Waals surface area contributed by atoms with Crippen molar-refractivity contribution in [2.75, 3.05) is 5.32 Å². The summed E-state index contributed by atoms with van der Waals surface area (Å²) in [5, 5.41) is 15.8. The first-order chi connectivity index (χ1) is 10.1. The van der Waals surface area contributed by atoms with Gasteiger partial charge in [0.25, 0.3) is 0 Å². The molecule has 2 rings (SSSR count). The number of aliphatic hydroxyl groups excluding tert-OH is 1. The molecule has 1 aliphatic rings. The highest BCUT2D eigenvalue weighted by molar-refractivity contribution is 5.90. The minimum atomic E-state index is -0.419. The molecular formula is C17H26N2O2. The van der Waals surface area contributed by atoms with Gasteiger partial charge in [0.15, 0.2) is 0 Å². The zero-order valence-electron chi connectivity index (χ0n) is 13.0. The second-order valence-corrected chi connectivity index (χ2v) is 5.76. The van der Waals surface area contributed by atoms with E-state index in [-0.39, 0.29) is 12.1 Å². The van der Waals surface area contributed by atoms with Gasteiger partial charge in [0.05, 0.1) is 12.1 Å². The van der Waals surface area contributed by atoms with Gasteiger partial charge in [-0.2, -0.15) is 0 Å². The van der Waals surface area contributed by atoms with Crippen LogP contribution in [0.15, 0.2) is 18.2 Å². The van der Waals surface area contributed by atoms with Crippen molar-refractivity contribution in [3.63, 3.8) is 0 Å². The SMILES string of the molecule is CCc1ccc(CC)c(NC(=O)NC2CCCCC2O)c1. The molecule has 0 spiro atoms. The molecule has 0 aliphatic heterocycles. The Labute approximate surface area is 126 Å². The van der Waals surface area contributed by atoms with E-state index in [0.29, 0.717) is 0 Å². The average Bonchev–Trinajstić information content (AvgIpc) is 2.49. The monoisotopic (exact) mass is 290 g/mol. The zero-order chi connectivity index (χ0) is 15.2. The predicted molar refractivity (Wildman–Crippen MR) is 85.6 cm³/mol. The van der Waals surface area contributed by atoms with Gasteiger partial charge in [-0.25, -0.2) is 4.79 Å². The van der Waals surface area contributed by atoms with E-state index in [4.69, 9.17) is 0 Å². The quantitative estimate of drug-likeness (QED) is 0.797. The van der Waals surface area contributed by atoms with Crippen molar-refractivity contribution in [3.05, 3.63) is 29.3 Å². The Morgan fingerprint density at radius 3 is 2.67 bits per heavy atom. The maximum absolute atomic E-state index is 12.2. The van der Waals surface area contributed by atoms with Crippen LogP contribution in [-0.2, 0) is 12.8 Å². The largest absolute Gasteiger partial charge is 0.391 e. The number of aryl methyl sites for hydroxylation is 2. The molecule has 3 N–H and O–H groups in total. The summed E-state index contributed by atoms with van der Waals surface area (Å²) in [6.45, 7) is 4.18. The number of amides is 2. The molecule has 2 unspecified atom stereocenters. The maximum atomic E-state index is 12.2. The summed E-state index contributed by atoms with van der Waals surface area (Å²) in [7, 11) is 0. The van der Waals surface area contributed by atoms with Gasteiger partial charge >= 0.3 is 6.03 Å². The van der Waals surface area contributed by atoms with Crippen molar-refractivity contribution in [2.45, 2.75) is 64.5 Å². The molecule has 0 radical (unpaired) electrons. The summed E-state index contributed by atoms with van der Waals surface area (Å²) in [6, 6.07) is 5.87. The van der Waals surface area contributed by atoms with Gasteiger partial charge in [0.1, 0.15) is 0 Å². The summed E-state index contributed by atoms with van der Waals surface area (Å²) >= 11 is 0. The van der Waals surface area contributed by atoms with Gasteiger partial charge < -0.3 is 15.7 Å². The molecule has 21 heavy (non-hydrogen) atoms. The van der Waals surface area contributed by atoms with Crippen LogP contribution >= 0.6 is 0 Å². The van der Waals surface area contributed by atoms with Crippen molar-refractivity contribution in [2.24, 2.45) is 0 Å². The highest BCUT2D eigenvalue weighted by atomic mass is 16.3. The van der Waals surface area contributed by atoms with Crippen LogP contribution in [-0.4, -0.2) is 23.3 Å². The van der Waals surface area contributed by atoms with E-state index in [9.17, 15) is 9.90 Å². The van der Waals surface area contributed by atoms with Crippen molar-refractivity contribution >= 4 is 11.7 Å². The molecule has 1 fully saturated rings. The lowest BCUT2D eigenvalue weighted by molar-refractivity contribution is 0.0955. The van der Waals surface area contributed by atoms with Gasteiger partial charge in [-0.05, 0) is 42.9 Å². The maximum Gasteiger partial charge on any atom is 0.319 e. The number of hydrogen-bond acceptors (Lipinski definition) is 2. The Bertz CT molecular complexity index is 488. The molecule has 1 aliphatic carbocycles. The summed E-state index contributed by atoms with van der Waals surface area (Å²) in [6.07, 6.45) is 5.14. The van der Waals surface area contributed by atoms with E-state index in [1.165, 1.54) is 5.56 Å². The van der Waals surface area contributed by atoms with E-state index in [1.807, 2.05) is 6.07 Å². The van der Waals surface area contributed by atoms with Crippen LogP contribution in [0.4, 0.5) is 10.5 Å². The lowest BCUT2D eigenvalue weighted by atomic mass is 9.93. The number of urea groups is 1. The van der Waals surface area contributed by atoms with Crippen LogP contribution in [0, 0.1) is 0 Å². The second kappa shape index (κ2) is 7.46. The van der Waals surface area contributed by atoms with Gasteiger partial charge in [-0.1, -0.05) is 38.8 Å². The Kier molecular flexibility index (Phi) is 5.62. The molecule has 2 amide bonds. The fourth-order valence-electron chi connectivity index (χ4n) is 2.87. The topological polar surface area (TPSA) is 61.4 Å². The highest BCUT2D eigenvalue weighted by Crippen LogP contribution is 2.21. The molecule has 4 heteroatoms. The number of carbonyl (C=O) groups excluding carboxylic acids is 1. The van der Waals surface area contributed by atoms with Gasteiger partial charge in [-0.3, -0.25) is 0 Å². The van der Waals surface area contributed by atoms with Crippen molar-refractivity contribution in [3.8, 4) is 0 Å². The molecule has 0 aromatic heterocycles. The number of rotatable bonds is 4. The molecule has 1 aromatic carbocycles. The number of nitrogens with one attached hydrogen (secondary N) is 2. The molecule has 0 bridgehead atoms. The third-order valence-electron chi connectivity index (χ3n) is 4.26. The van der Waals surface area contributed by atoms with Crippen LogP contribution in [0.25, 0.3) is 0 Å². The molecular weight excluding hydrogens is 264 g/mol. The third kappa shape index (κ3) is 4.21. The van der Waals surface area contributed by atoms with Crippen LogP contribution < -0.4 is 10.6 Å². The molecule has 4 nitrogen and oxygen atoms in total. The summed E-state index contributed by atoms with van der Waals surface area (Å²) in [5.74, 6) is 0. The van der Waals surface area contributed by atoms with Crippen LogP contribution in [0.3, 0.4) is 0 Å². The number of benzene rings is 1. The second-order valence-electron chi connectivity index (χ2n) is 5.76. The zero-order valence-corrected chi connectivity index (χ0v) is 13.0. The van der Waals surface area contributed by atoms with Crippen LogP contribution in [0.2, 0.25) is 0 Å². The van der Waals surface area contributed by atoms with E-state index in [0.717, 1.165) is 49.8 Å². The van der Waals surface area contributed by atoms with Gasteiger partial charge in [0.2, 0.25) is 0 Å². The van der Waals surface area contributed by atoms with E-state index in [2.05, 4.69) is 36.6 Å². The first-order valence-electron chi connectivity index (χ1n) is 8.01. The molecule has 0 heterocycles. The highest BCUT2D eigenvalue weighted by Gasteiger charge is 2.24. The first kappa shape index (κ1) is 15.8. The van der Waals surface area contributed by atoms with Crippen molar-refractivity contribution < 1.29 is 9.90 Å². The van der Waals surface area contributed by atoms with Gasteiger partial charge in [0, 0.05) is 5.69 Å². The number of anilines is 1. The fraction of sp³-hybridized carbons (Fsp3) is 0.588. The normalized spacial score (nSPS) is 21.9.